The van der Waals surface area contributed by atoms with Gasteiger partial charge in [0.15, 0.2) is 12.1 Å². The number of hydrogen-bond donors (Lipinski definition) is 5. The minimum absolute atomic E-state index is 0.0363. The molecule has 3 aliphatic heterocycles. The lowest BCUT2D eigenvalue weighted by Crippen LogP contribution is -2.62. The molecule has 0 aromatic carbocycles. The maximum absolute atomic E-state index is 13.8. The number of aliphatic hydroxyl groups is 5. The normalized spacial score (nSPS) is 43.8. The zero-order chi connectivity index (χ0) is 41.5. The number of aliphatic hydroxyl groups excluding tert-OH is 4. The van der Waals surface area contributed by atoms with Crippen LogP contribution < -0.4 is 0 Å². The molecule has 13 nitrogen and oxygen atoms in total. The van der Waals surface area contributed by atoms with E-state index in [1.54, 1.807) is 32.9 Å². The van der Waals surface area contributed by atoms with Gasteiger partial charge in [0, 0.05) is 44.3 Å². The standard InChI is InChI=1S/C42H70O13/c1-21(2)37-26(7)32(53-41-39(51-13)36(46)35(45)29(10)52-41)20-42(48,55-37)28(9)34(44)27(8)38-30(49-11)16-14-15-22(3)17-24(5)33(43)25(6)18-23(4)19-31(50-12)40(47)54-38/h14-16,18-19,21,24-30,32-39,41,43-46,48H,17,20H2,1-13H3/b16-14-,22-15-,23-18-,31-19-/t24-,25+,26-,27-,28-,29-,30-,32+,33-,34+,35-,36+,37+,38+,39+,41-,42+/m0/s1. The summed E-state index contributed by atoms with van der Waals surface area (Å²) in [6, 6.07) is 0. The van der Waals surface area contributed by atoms with Crippen molar-refractivity contribution in [3.63, 3.8) is 0 Å². The van der Waals surface area contributed by atoms with E-state index in [1.807, 2.05) is 66.7 Å². The molecule has 3 heterocycles. The summed E-state index contributed by atoms with van der Waals surface area (Å²) in [6.45, 7) is 18.6. The largest absolute Gasteiger partial charge is 0.490 e. The molecule has 5 N–H and O–H groups in total. The van der Waals surface area contributed by atoms with Crippen LogP contribution in [0.3, 0.4) is 0 Å². The first kappa shape index (κ1) is 47.2. The van der Waals surface area contributed by atoms with Crippen LogP contribution in [-0.4, -0.2) is 126 Å². The number of hydrogen-bond acceptors (Lipinski definition) is 13. The van der Waals surface area contributed by atoms with Gasteiger partial charge in [-0.15, -0.1) is 0 Å². The molecular weight excluding hydrogens is 712 g/mol. The molecule has 0 amide bonds. The van der Waals surface area contributed by atoms with Crippen molar-refractivity contribution in [1.29, 1.82) is 0 Å². The number of cyclic esters (lactones) is 1. The summed E-state index contributed by atoms with van der Waals surface area (Å²) in [5, 5.41) is 56.6. The molecule has 0 radical (unpaired) electrons. The summed E-state index contributed by atoms with van der Waals surface area (Å²) in [7, 11) is 4.25. The van der Waals surface area contributed by atoms with Gasteiger partial charge in [0.05, 0.1) is 37.6 Å². The number of ether oxygens (including phenoxy) is 7. The molecule has 3 rings (SSSR count). The van der Waals surface area contributed by atoms with Crippen LogP contribution in [0.15, 0.2) is 47.3 Å². The second-order valence-corrected chi connectivity index (χ2v) is 16.6. The molecule has 17 atom stereocenters. The van der Waals surface area contributed by atoms with Crippen LogP contribution in [0.1, 0.15) is 82.1 Å². The maximum Gasteiger partial charge on any atom is 0.373 e. The van der Waals surface area contributed by atoms with Crippen LogP contribution in [0.4, 0.5) is 0 Å². The zero-order valence-electron chi connectivity index (χ0n) is 35.1. The first-order valence-corrected chi connectivity index (χ1v) is 19.7. The van der Waals surface area contributed by atoms with E-state index < -0.39 is 90.9 Å². The van der Waals surface area contributed by atoms with Gasteiger partial charge >= 0.3 is 5.97 Å². The smallest absolute Gasteiger partial charge is 0.373 e. The van der Waals surface area contributed by atoms with E-state index in [1.165, 1.54) is 21.3 Å². The van der Waals surface area contributed by atoms with E-state index in [-0.39, 0.29) is 35.9 Å². The first-order valence-electron chi connectivity index (χ1n) is 19.7. The summed E-state index contributed by atoms with van der Waals surface area (Å²) >= 11 is 0. The lowest BCUT2D eigenvalue weighted by Gasteiger charge is -2.51. The molecule has 0 aliphatic carbocycles. The number of rotatable bonds is 10. The third-order valence-electron chi connectivity index (χ3n) is 11.8. The molecule has 0 saturated carbocycles. The van der Waals surface area contributed by atoms with Crippen molar-refractivity contribution in [2.75, 3.05) is 21.3 Å². The zero-order valence-corrected chi connectivity index (χ0v) is 35.1. The van der Waals surface area contributed by atoms with Crippen molar-refractivity contribution in [3.05, 3.63) is 47.3 Å². The lowest BCUT2D eigenvalue weighted by molar-refractivity contribution is -0.362. The van der Waals surface area contributed by atoms with Gasteiger partial charge < -0.3 is 58.7 Å². The van der Waals surface area contributed by atoms with Crippen molar-refractivity contribution >= 4 is 5.97 Å². The number of carbonyl (C=O) groups is 1. The van der Waals surface area contributed by atoms with Crippen molar-refractivity contribution in [2.45, 2.75) is 155 Å². The molecular formula is C42H70O13. The quantitative estimate of drug-likeness (QED) is 0.199. The van der Waals surface area contributed by atoms with Gasteiger partial charge in [-0.25, -0.2) is 4.79 Å². The Balaban J connectivity index is 2.00. The first-order chi connectivity index (χ1) is 25.7. The number of allylic oxidation sites excluding steroid dienone is 5. The van der Waals surface area contributed by atoms with E-state index in [0.717, 1.165) is 5.57 Å². The van der Waals surface area contributed by atoms with Crippen molar-refractivity contribution < 1.29 is 63.5 Å². The van der Waals surface area contributed by atoms with Gasteiger partial charge in [0.25, 0.3) is 0 Å². The third kappa shape index (κ3) is 11.5. The molecule has 316 valence electrons. The van der Waals surface area contributed by atoms with Crippen LogP contribution in [-0.2, 0) is 38.0 Å². The molecule has 0 bridgehead atoms. The number of esters is 1. The van der Waals surface area contributed by atoms with Gasteiger partial charge in [-0.05, 0) is 45.1 Å². The highest BCUT2D eigenvalue weighted by molar-refractivity contribution is 5.87. The molecule has 3 aliphatic rings. The Hall–Kier alpha value is -2.17. The van der Waals surface area contributed by atoms with Gasteiger partial charge in [-0.1, -0.05) is 83.9 Å². The van der Waals surface area contributed by atoms with E-state index in [4.69, 9.17) is 33.2 Å². The van der Waals surface area contributed by atoms with Gasteiger partial charge in [0.1, 0.15) is 30.5 Å². The Kier molecular flexibility index (Phi) is 17.6. The maximum atomic E-state index is 13.8. The fourth-order valence-electron chi connectivity index (χ4n) is 8.23. The lowest BCUT2D eigenvalue weighted by atomic mass is 9.76. The molecule has 0 unspecified atom stereocenters. The van der Waals surface area contributed by atoms with E-state index in [9.17, 15) is 30.3 Å². The molecule has 55 heavy (non-hydrogen) atoms. The minimum atomic E-state index is -1.92. The molecule has 0 aromatic heterocycles. The van der Waals surface area contributed by atoms with Crippen molar-refractivity contribution in [3.8, 4) is 0 Å². The average Bonchev–Trinajstić information content (AvgIpc) is 3.13. The second-order valence-electron chi connectivity index (χ2n) is 16.6. The van der Waals surface area contributed by atoms with E-state index in [0.29, 0.717) is 12.0 Å². The van der Waals surface area contributed by atoms with Crippen molar-refractivity contribution in [2.24, 2.45) is 35.5 Å². The fraction of sp³-hybridized carbons (Fsp3) is 0.786. The summed E-state index contributed by atoms with van der Waals surface area (Å²) in [5.74, 6) is -5.08. The van der Waals surface area contributed by atoms with Gasteiger partial charge in [-0.2, -0.15) is 0 Å². The Bertz CT molecular complexity index is 1360. The van der Waals surface area contributed by atoms with Crippen LogP contribution in [0.2, 0.25) is 0 Å². The Morgan fingerprint density at radius 1 is 0.927 bits per heavy atom. The van der Waals surface area contributed by atoms with Crippen LogP contribution >= 0.6 is 0 Å². The van der Waals surface area contributed by atoms with Gasteiger partial charge in [0.2, 0.25) is 5.76 Å². The number of carbonyl (C=O) groups excluding carboxylic acids is 1. The minimum Gasteiger partial charge on any atom is -0.490 e. The predicted molar refractivity (Wildman–Crippen MR) is 206 cm³/mol. The van der Waals surface area contributed by atoms with Crippen LogP contribution in [0, 0.1) is 35.5 Å². The summed E-state index contributed by atoms with van der Waals surface area (Å²) in [6.07, 6.45) is -0.670. The fourth-order valence-corrected chi connectivity index (χ4v) is 8.23. The van der Waals surface area contributed by atoms with E-state index in [2.05, 4.69) is 0 Å². The molecule has 0 aromatic rings. The third-order valence-corrected chi connectivity index (χ3v) is 11.8. The Morgan fingerprint density at radius 2 is 1.58 bits per heavy atom. The molecule has 13 heteroatoms. The molecule has 2 fully saturated rings. The number of methoxy groups -OCH3 is 3. The highest BCUT2D eigenvalue weighted by Crippen LogP contribution is 2.43. The summed E-state index contributed by atoms with van der Waals surface area (Å²) < 4.78 is 41.8. The molecule has 0 spiro atoms. The van der Waals surface area contributed by atoms with Gasteiger partial charge in [-0.3, -0.25) is 0 Å². The second kappa shape index (κ2) is 20.5. The van der Waals surface area contributed by atoms with E-state index >= 15 is 0 Å². The van der Waals surface area contributed by atoms with Crippen molar-refractivity contribution in [1.82, 2.24) is 0 Å². The Morgan fingerprint density at radius 3 is 2.16 bits per heavy atom. The topological polar surface area (TPSA) is 183 Å². The predicted octanol–water partition coefficient (Wildman–Crippen LogP) is 4.20. The average molecular weight is 783 g/mol. The Labute approximate surface area is 328 Å². The van der Waals surface area contributed by atoms with Crippen LogP contribution in [0.5, 0.6) is 0 Å². The summed E-state index contributed by atoms with van der Waals surface area (Å²) in [5.41, 5.74) is 1.73. The SMILES string of the molecule is CO/C1=C\C(C)=C/[C@@H](C)[C@@H](O)[C@@H](C)C/C(C)=C\C=C/[C@H](OC)[C@@H]([C@@H](C)[C@@H](O)[C@H](C)[C@@]2(O)C[C@@H](O[C@@H]3O[C@@H](C)[C@H](O)[C@@H](O)[C@H]3OC)[C@H](C)[C@@H](C(C)C)O2)OC1=O. The van der Waals surface area contributed by atoms with Crippen LogP contribution in [0.25, 0.3) is 0 Å². The highest BCUT2D eigenvalue weighted by atomic mass is 16.7. The molecule has 2 saturated heterocycles. The summed E-state index contributed by atoms with van der Waals surface area (Å²) in [4.78, 5) is 13.8. The highest BCUT2D eigenvalue weighted by Gasteiger charge is 2.54. The monoisotopic (exact) mass is 782 g/mol.